The number of aromatic amines is 2. The van der Waals surface area contributed by atoms with Gasteiger partial charge in [0.15, 0.2) is 0 Å². The van der Waals surface area contributed by atoms with Crippen LogP contribution in [0.25, 0.3) is 44.4 Å². The number of nitrogens with zero attached hydrogens (tertiary/aromatic N) is 2. The molecular formula is C36H46N4. The predicted molar refractivity (Wildman–Crippen MR) is 173 cm³/mol. The molecule has 0 spiro atoms. The summed E-state index contributed by atoms with van der Waals surface area (Å²) in [6, 6.07) is 8.89. The average Bonchev–Trinajstić information content (AvgIpc) is 3.73. The Morgan fingerprint density at radius 2 is 0.975 bits per heavy atom. The summed E-state index contributed by atoms with van der Waals surface area (Å²) < 4.78 is 0. The van der Waals surface area contributed by atoms with E-state index in [9.17, 15) is 0 Å². The third-order valence-electron chi connectivity index (χ3n) is 8.91. The van der Waals surface area contributed by atoms with Gasteiger partial charge < -0.3 is 9.97 Å². The molecule has 2 aliphatic heterocycles. The molecule has 0 amide bonds. The van der Waals surface area contributed by atoms with E-state index in [-0.39, 0.29) is 0 Å². The molecule has 2 N–H and O–H groups in total. The van der Waals surface area contributed by atoms with E-state index in [1.807, 2.05) is 0 Å². The molecule has 3 aromatic heterocycles. The van der Waals surface area contributed by atoms with Crippen LogP contribution in [0.5, 0.6) is 0 Å². The molecule has 0 saturated carbocycles. The first kappa shape index (κ1) is 28.1. The number of hydrogen-bond donors (Lipinski definition) is 2. The van der Waals surface area contributed by atoms with Crippen molar-refractivity contribution in [2.24, 2.45) is 0 Å². The zero-order valence-electron chi connectivity index (χ0n) is 25.9. The van der Waals surface area contributed by atoms with Crippen LogP contribution in [0, 0.1) is 0 Å². The fourth-order valence-corrected chi connectivity index (χ4v) is 7.07. The first-order valence-electron chi connectivity index (χ1n) is 15.7. The van der Waals surface area contributed by atoms with Gasteiger partial charge >= 0.3 is 0 Å². The molecule has 0 fully saturated rings. The van der Waals surface area contributed by atoms with Crippen molar-refractivity contribution in [1.29, 1.82) is 0 Å². The molecule has 40 heavy (non-hydrogen) atoms. The monoisotopic (exact) mass is 534 g/mol. The Labute approximate surface area is 240 Å². The SMILES string of the molecule is CCC1=C(CC)c2nc1cc1ccc(cc3[nH]c(c(CC)c4nc(c2CC)C(CC)=C4CC)c(CC)c3CC)[nH]1. The molecule has 4 heteroatoms. The highest BCUT2D eigenvalue weighted by Gasteiger charge is 2.27. The van der Waals surface area contributed by atoms with Crippen LogP contribution in [0.4, 0.5) is 0 Å². The Kier molecular flexibility index (Phi) is 8.16. The zero-order valence-corrected chi connectivity index (χ0v) is 25.9. The van der Waals surface area contributed by atoms with Crippen molar-refractivity contribution >= 4 is 44.4 Å². The number of fused-ring (bicyclic) bond motifs is 8. The fourth-order valence-electron chi connectivity index (χ4n) is 7.07. The summed E-state index contributed by atoms with van der Waals surface area (Å²) in [6.07, 6.45) is 7.74. The van der Waals surface area contributed by atoms with Gasteiger partial charge in [0.1, 0.15) is 0 Å². The minimum absolute atomic E-state index is 0.912. The van der Waals surface area contributed by atoms with Crippen molar-refractivity contribution in [2.75, 3.05) is 0 Å². The molecule has 2 aliphatic rings. The van der Waals surface area contributed by atoms with Crippen LogP contribution < -0.4 is 0 Å². The minimum atomic E-state index is 0.912. The summed E-state index contributed by atoms with van der Waals surface area (Å²) in [7, 11) is 0. The van der Waals surface area contributed by atoms with Gasteiger partial charge in [-0.1, -0.05) is 55.4 Å². The smallest absolute Gasteiger partial charge is 0.0726 e. The molecule has 5 heterocycles. The second kappa shape index (κ2) is 11.6. The van der Waals surface area contributed by atoms with Gasteiger partial charge in [0.25, 0.3) is 0 Å². The molecule has 8 bridgehead atoms. The minimum Gasteiger partial charge on any atom is -0.355 e. The van der Waals surface area contributed by atoms with Crippen LogP contribution in [-0.4, -0.2) is 19.9 Å². The van der Waals surface area contributed by atoms with Crippen molar-refractivity contribution in [3.63, 3.8) is 0 Å². The van der Waals surface area contributed by atoms with Crippen LogP contribution in [0.3, 0.4) is 0 Å². The maximum atomic E-state index is 5.57. The highest BCUT2D eigenvalue weighted by atomic mass is 14.8. The Balaban J connectivity index is 2.09. The van der Waals surface area contributed by atoms with Gasteiger partial charge in [-0.2, -0.15) is 0 Å². The normalized spacial score (nSPS) is 13.6. The topological polar surface area (TPSA) is 57.4 Å². The third-order valence-corrected chi connectivity index (χ3v) is 8.91. The quantitative estimate of drug-likeness (QED) is 0.302. The summed E-state index contributed by atoms with van der Waals surface area (Å²) in [5.74, 6) is 0. The van der Waals surface area contributed by atoms with Crippen LogP contribution in [0.2, 0.25) is 0 Å². The molecule has 210 valence electrons. The van der Waals surface area contributed by atoms with Crippen molar-refractivity contribution in [3.8, 4) is 0 Å². The molecule has 3 aromatic rings. The van der Waals surface area contributed by atoms with Gasteiger partial charge in [-0.3, -0.25) is 0 Å². The summed E-state index contributed by atoms with van der Waals surface area (Å²) >= 11 is 0. The standard InChI is InChI=1S/C36H46N4/c1-9-23-25(11-3)33-29(15-7)35-27(13-5)28(14-6)36(40-35)30(16-8)34-26(12-4)24(10-2)32(39-34)20-22-18-17-21(37-22)19-31(23)38-33/h17-20,37-38H,9-16H2,1-8H3. The number of allylic oxidation sites excluding steroid dienone is 4. The molecular weight excluding hydrogens is 488 g/mol. The van der Waals surface area contributed by atoms with Crippen molar-refractivity contribution in [1.82, 2.24) is 19.9 Å². The van der Waals surface area contributed by atoms with Crippen LogP contribution >= 0.6 is 0 Å². The molecule has 4 nitrogen and oxygen atoms in total. The van der Waals surface area contributed by atoms with E-state index in [2.05, 4.69) is 89.6 Å². The summed E-state index contributed by atoms with van der Waals surface area (Å²) in [5.41, 5.74) is 20.3. The Morgan fingerprint density at radius 3 is 1.52 bits per heavy atom. The van der Waals surface area contributed by atoms with Gasteiger partial charge in [0.05, 0.1) is 22.8 Å². The maximum absolute atomic E-state index is 5.57. The Hall–Kier alpha value is -3.40. The maximum Gasteiger partial charge on any atom is 0.0726 e. The molecule has 0 atom stereocenters. The molecule has 0 unspecified atom stereocenters. The van der Waals surface area contributed by atoms with Crippen molar-refractivity contribution < 1.29 is 0 Å². The number of aryl methyl sites for hydroxylation is 3. The van der Waals surface area contributed by atoms with E-state index in [1.54, 1.807) is 0 Å². The summed E-state index contributed by atoms with van der Waals surface area (Å²) in [4.78, 5) is 18.5. The highest BCUT2D eigenvalue weighted by molar-refractivity contribution is 5.98. The lowest BCUT2D eigenvalue weighted by atomic mass is 9.92. The lowest BCUT2D eigenvalue weighted by Gasteiger charge is -2.10. The van der Waals surface area contributed by atoms with E-state index in [4.69, 9.17) is 9.97 Å². The first-order valence-corrected chi connectivity index (χ1v) is 15.7. The van der Waals surface area contributed by atoms with Gasteiger partial charge in [0.2, 0.25) is 0 Å². The van der Waals surface area contributed by atoms with E-state index >= 15 is 0 Å². The number of H-pyrrole nitrogens is 2. The number of nitrogens with one attached hydrogen (secondary N) is 2. The second-order valence-corrected chi connectivity index (χ2v) is 10.9. The van der Waals surface area contributed by atoms with Crippen molar-refractivity contribution in [3.05, 3.63) is 69.3 Å². The third kappa shape index (κ3) is 4.46. The molecule has 0 aromatic carbocycles. The lowest BCUT2D eigenvalue weighted by molar-refractivity contribution is 1.03. The Morgan fingerprint density at radius 1 is 0.475 bits per heavy atom. The van der Waals surface area contributed by atoms with E-state index in [1.165, 1.54) is 67.0 Å². The second-order valence-electron chi connectivity index (χ2n) is 10.9. The summed E-state index contributed by atoms with van der Waals surface area (Å²) in [6.45, 7) is 18.2. The van der Waals surface area contributed by atoms with Crippen LogP contribution in [0.1, 0.15) is 126 Å². The van der Waals surface area contributed by atoms with Gasteiger partial charge in [-0.15, -0.1) is 0 Å². The summed E-state index contributed by atoms with van der Waals surface area (Å²) in [5, 5.41) is 0. The Bertz CT molecular complexity index is 1670. The van der Waals surface area contributed by atoms with Crippen molar-refractivity contribution in [2.45, 2.75) is 107 Å². The number of hydrogen-bond acceptors (Lipinski definition) is 2. The fraction of sp³-hybridized carbons (Fsp3) is 0.444. The average molecular weight is 535 g/mol. The zero-order chi connectivity index (χ0) is 28.6. The number of rotatable bonds is 8. The molecule has 5 rings (SSSR count). The van der Waals surface area contributed by atoms with E-state index < -0.39 is 0 Å². The number of aromatic nitrogens is 4. The van der Waals surface area contributed by atoms with Crippen LogP contribution in [-0.2, 0) is 25.7 Å². The van der Waals surface area contributed by atoms with Crippen LogP contribution in [0.15, 0.2) is 24.3 Å². The molecule has 0 saturated heterocycles. The van der Waals surface area contributed by atoms with Gasteiger partial charge in [-0.25, -0.2) is 9.97 Å². The highest BCUT2D eigenvalue weighted by Crippen LogP contribution is 2.42. The van der Waals surface area contributed by atoms with E-state index in [0.717, 1.165) is 73.8 Å². The first-order chi connectivity index (χ1) is 19.5. The lowest BCUT2D eigenvalue weighted by Crippen LogP contribution is -1.98. The predicted octanol–water partition coefficient (Wildman–Crippen LogP) is 10.0. The van der Waals surface area contributed by atoms with Gasteiger partial charge in [0, 0.05) is 33.2 Å². The largest absolute Gasteiger partial charge is 0.355 e. The van der Waals surface area contributed by atoms with Gasteiger partial charge in [-0.05, 0) is 109 Å². The molecule has 0 aliphatic carbocycles. The molecule has 0 radical (unpaired) electrons. The van der Waals surface area contributed by atoms with E-state index in [0.29, 0.717) is 0 Å².